The number of fused-ring (bicyclic) bond motifs is 1. The van der Waals surface area contributed by atoms with Crippen molar-refractivity contribution in [1.82, 2.24) is 14.5 Å². The van der Waals surface area contributed by atoms with E-state index in [0.717, 1.165) is 16.7 Å². The van der Waals surface area contributed by atoms with E-state index in [-0.39, 0.29) is 6.04 Å². The van der Waals surface area contributed by atoms with Gasteiger partial charge in [-0.2, -0.15) is 0 Å². The summed E-state index contributed by atoms with van der Waals surface area (Å²) in [5, 5.41) is 0. The molecule has 2 aromatic heterocycles. The molecule has 19 heavy (non-hydrogen) atoms. The molecule has 2 heterocycles. The van der Waals surface area contributed by atoms with Crippen LogP contribution in [0.3, 0.4) is 0 Å². The van der Waals surface area contributed by atoms with E-state index >= 15 is 0 Å². The van der Waals surface area contributed by atoms with Crippen molar-refractivity contribution in [2.75, 3.05) is 5.73 Å². The highest BCUT2D eigenvalue weighted by molar-refractivity contribution is 5.77. The molecule has 0 aliphatic rings. The van der Waals surface area contributed by atoms with Crippen LogP contribution in [0.25, 0.3) is 11.2 Å². The highest BCUT2D eigenvalue weighted by Gasteiger charge is 2.17. The predicted molar refractivity (Wildman–Crippen MR) is 76.9 cm³/mol. The molecular weight excluding hydrogens is 236 g/mol. The maximum Gasteiger partial charge on any atom is 0.203 e. The minimum atomic E-state index is 0.112. The Hall–Kier alpha value is -2.36. The summed E-state index contributed by atoms with van der Waals surface area (Å²) < 4.78 is 1.98. The number of hydrogen-bond donors (Lipinski definition) is 1. The second kappa shape index (κ2) is 4.39. The highest BCUT2D eigenvalue weighted by atomic mass is 15.2. The average molecular weight is 252 g/mol. The van der Waals surface area contributed by atoms with Crippen LogP contribution in [-0.2, 0) is 0 Å². The lowest BCUT2D eigenvalue weighted by Gasteiger charge is -2.15. The smallest absolute Gasteiger partial charge is 0.203 e. The molecule has 0 aliphatic heterocycles. The van der Waals surface area contributed by atoms with Crippen LogP contribution in [0.4, 0.5) is 5.95 Å². The average Bonchev–Trinajstić information content (AvgIpc) is 2.77. The molecule has 0 aliphatic carbocycles. The lowest BCUT2D eigenvalue weighted by Crippen LogP contribution is -2.10. The first-order chi connectivity index (χ1) is 9.18. The molecule has 0 radical (unpaired) electrons. The van der Waals surface area contributed by atoms with Gasteiger partial charge < -0.3 is 5.73 Å². The first-order valence-corrected chi connectivity index (χ1v) is 6.32. The first kappa shape index (κ1) is 11.7. The quantitative estimate of drug-likeness (QED) is 0.763. The van der Waals surface area contributed by atoms with E-state index in [1.165, 1.54) is 5.56 Å². The lowest BCUT2D eigenvalue weighted by molar-refractivity contribution is 0.662. The summed E-state index contributed by atoms with van der Waals surface area (Å²) >= 11 is 0. The minimum Gasteiger partial charge on any atom is -0.369 e. The normalized spacial score (nSPS) is 12.7. The lowest BCUT2D eigenvalue weighted by atomic mass is 10.1. The van der Waals surface area contributed by atoms with E-state index in [9.17, 15) is 0 Å². The molecule has 4 nitrogen and oxygen atoms in total. The van der Waals surface area contributed by atoms with Gasteiger partial charge in [0.15, 0.2) is 5.65 Å². The van der Waals surface area contributed by atoms with E-state index in [1.807, 2.05) is 35.8 Å². The fourth-order valence-corrected chi connectivity index (χ4v) is 2.39. The zero-order chi connectivity index (χ0) is 13.4. The van der Waals surface area contributed by atoms with Crippen molar-refractivity contribution < 1.29 is 0 Å². The summed E-state index contributed by atoms with van der Waals surface area (Å²) in [5.74, 6) is 0.508. The van der Waals surface area contributed by atoms with Gasteiger partial charge in [0.1, 0.15) is 5.52 Å². The Labute approximate surface area is 111 Å². The van der Waals surface area contributed by atoms with Gasteiger partial charge in [-0.15, -0.1) is 0 Å². The molecule has 0 fully saturated rings. The van der Waals surface area contributed by atoms with Gasteiger partial charge in [0, 0.05) is 6.20 Å². The highest BCUT2D eigenvalue weighted by Crippen LogP contribution is 2.27. The monoisotopic (exact) mass is 252 g/mol. The Morgan fingerprint density at radius 3 is 2.63 bits per heavy atom. The van der Waals surface area contributed by atoms with Crippen molar-refractivity contribution in [3.8, 4) is 0 Å². The maximum atomic E-state index is 6.07. The van der Waals surface area contributed by atoms with Crippen LogP contribution in [0.1, 0.15) is 24.1 Å². The Morgan fingerprint density at radius 2 is 1.89 bits per heavy atom. The van der Waals surface area contributed by atoms with Gasteiger partial charge in [-0.25, -0.2) is 9.97 Å². The summed E-state index contributed by atoms with van der Waals surface area (Å²) in [4.78, 5) is 8.87. The number of rotatable bonds is 2. The van der Waals surface area contributed by atoms with Gasteiger partial charge in [-0.1, -0.05) is 30.3 Å². The van der Waals surface area contributed by atoms with E-state index in [1.54, 1.807) is 6.20 Å². The molecule has 0 amide bonds. The Bertz CT molecular complexity index is 716. The number of aromatic nitrogens is 3. The van der Waals surface area contributed by atoms with Gasteiger partial charge >= 0.3 is 0 Å². The number of hydrogen-bond acceptors (Lipinski definition) is 3. The minimum absolute atomic E-state index is 0.112. The van der Waals surface area contributed by atoms with Crippen molar-refractivity contribution in [3.63, 3.8) is 0 Å². The number of nitrogens with two attached hydrogens (primary N) is 1. The second-order valence-corrected chi connectivity index (χ2v) is 4.73. The zero-order valence-corrected chi connectivity index (χ0v) is 11.0. The largest absolute Gasteiger partial charge is 0.369 e. The first-order valence-electron chi connectivity index (χ1n) is 6.32. The third kappa shape index (κ3) is 1.85. The molecule has 0 spiro atoms. The number of imidazole rings is 1. The van der Waals surface area contributed by atoms with Crippen LogP contribution in [0.15, 0.2) is 42.6 Å². The molecule has 3 aromatic rings. The van der Waals surface area contributed by atoms with Gasteiger partial charge in [-0.3, -0.25) is 4.57 Å². The summed E-state index contributed by atoms with van der Waals surface area (Å²) in [6, 6.07) is 12.3. The van der Waals surface area contributed by atoms with Crippen LogP contribution in [-0.4, -0.2) is 14.5 Å². The number of anilines is 1. The molecule has 0 saturated heterocycles. The number of pyridine rings is 1. The van der Waals surface area contributed by atoms with Gasteiger partial charge in [0.25, 0.3) is 0 Å². The number of benzene rings is 1. The summed E-state index contributed by atoms with van der Waals surface area (Å²) in [5.41, 5.74) is 10.1. The van der Waals surface area contributed by atoms with Gasteiger partial charge in [0.2, 0.25) is 5.95 Å². The molecule has 0 saturated carbocycles. The number of aryl methyl sites for hydroxylation is 1. The topological polar surface area (TPSA) is 56.7 Å². The van der Waals surface area contributed by atoms with Crippen LogP contribution in [0.2, 0.25) is 0 Å². The van der Waals surface area contributed by atoms with Crippen LogP contribution >= 0.6 is 0 Å². The molecule has 3 rings (SSSR count). The number of nitrogens with zero attached hydrogens (tertiary/aromatic N) is 3. The van der Waals surface area contributed by atoms with Crippen molar-refractivity contribution in [2.24, 2.45) is 0 Å². The number of nitrogen functional groups attached to an aromatic ring is 1. The standard InChI is InChI=1S/C15H16N4/c1-10-8-9-17-14-13(10)18-15(16)19(14)11(2)12-6-4-3-5-7-12/h3-9,11H,1-2H3,(H2,16,18). The van der Waals surface area contributed by atoms with Crippen LogP contribution in [0.5, 0.6) is 0 Å². The van der Waals surface area contributed by atoms with Gasteiger partial charge in [-0.05, 0) is 31.0 Å². The van der Waals surface area contributed by atoms with E-state index < -0.39 is 0 Å². The maximum absolute atomic E-state index is 6.07. The van der Waals surface area contributed by atoms with Crippen molar-refractivity contribution >= 4 is 17.1 Å². The summed E-state index contributed by atoms with van der Waals surface area (Å²) in [6.45, 7) is 4.13. The predicted octanol–water partition coefficient (Wildman–Crippen LogP) is 2.93. The molecular formula is C15H16N4. The second-order valence-electron chi connectivity index (χ2n) is 4.73. The Morgan fingerprint density at radius 1 is 1.16 bits per heavy atom. The van der Waals surface area contributed by atoms with E-state index in [0.29, 0.717) is 5.95 Å². The molecule has 1 aromatic carbocycles. The van der Waals surface area contributed by atoms with Crippen molar-refractivity contribution in [3.05, 3.63) is 53.7 Å². The fraction of sp³-hybridized carbons (Fsp3) is 0.200. The molecule has 1 unspecified atom stereocenters. The third-order valence-electron chi connectivity index (χ3n) is 3.48. The van der Waals surface area contributed by atoms with E-state index in [4.69, 9.17) is 5.73 Å². The molecule has 96 valence electrons. The van der Waals surface area contributed by atoms with Crippen LogP contribution in [0, 0.1) is 6.92 Å². The summed E-state index contributed by atoms with van der Waals surface area (Å²) in [7, 11) is 0. The zero-order valence-electron chi connectivity index (χ0n) is 11.0. The summed E-state index contributed by atoms with van der Waals surface area (Å²) in [6.07, 6.45) is 1.80. The van der Waals surface area contributed by atoms with Gasteiger partial charge in [0.05, 0.1) is 6.04 Å². The van der Waals surface area contributed by atoms with Crippen LogP contribution < -0.4 is 5.73 Å². The molecule has 1 atom stereocenters. The third-order valence-corrected chi connectivity index (χ3v) is 3.48. The Kier molecular flexibility index (Phi) is 2.71. The molecule has 4 heteroatoms. The SMILES string of the molecule is Cc1ccnc2c1nc(N)n2C(C)c1ccccc1. The molecule has 2 N–H and O–H groups in total. The molecule has 0 bridgehead atoms. The van der Waals surface area contributed by atoms with Crippen molar-refractivity contribution in [1.29, 1.82) is 0 Å². The van der Waals surface area contributed by atoms with E-state index in [2.05, 4.69) is 29.0 Å². The fourth-order valence-electron chi connectivity index (χ4n) is 2.39. The Balaban J connectivity index is 2.20. The van der Waals surface area contributed by atoms with Crippen molar-refractivity contribution in [2.45, 2.75) is 19.9 Å².